The Labute approximate surface area is 95.3 Å². The highest BCUT2D eigenvalue weighted by Crippen LogP contribution is 2.16. The quantitative estimate of drug-likeness (QED) is 0.760. The Morgan fingerprint density at radius 3 is 2.69 bits per heavy atom. The van der Waals surface area contributed by atoms with E-state index in [9.17, 15) is 9.59 Å². The minimum Gasteiger partial charge on any atom is -0.349 e. The normalized spacial score (nSPS) is 9.62. The highest BCUT2D eigenvalue weighted by Gasteiger charge is 2.06. The lowest BCUT2D eigenvalue weighted by molar-refractivity contribution is -0.128. The summed E-state index contributed by atoms with van der Waals surface area (Å²) in [4.78, 5) is 23.4. The number of hydrogen-bond acceptors (Lipinski definition) is 2. The molecule has 0 unspecified atom stereocenters. The minimum atomic E-state index is 0.0842. The summed E-state index contributed by atoms with van der Waals surface area (Å²) in [5.41, 5.74) is 1.74. The zero-order valence-electron chi connectivity index (χ0n) is 9.56. The molecule has 16 heavy (non-hydrogen) atoms. The van der Waals surface area contributed by atoms with Gasteiger partial charge in [0.25, 0.3) is 0 Å². The summed E-state index contributed by atoms with van der Waals surface area (Å²) >= 11 is 0. The van der Waals surface area contributed by atoms with Crippen molar-refractivity contribution in [3.8, 4) is 0 Å². The lowest BCUT2D eigenvalue weighted by atomic mass is 10.1. The van der Waals surface area contributed by atoms with Crippen molar-refractivity contribution in [1.29, 1.82) is 0 Å². The maximum Gasteiger partial charge on any atom is 0.222 e. The lowest BCUT2D eigenvalue weighted by Gasteiger charge is -2.11. The molecule has 0 radical (unpaired) electrons. The van der Waals surface area contributed by atoms with Crippen LogP contribution in [0.5, 0.6) is 0 Å². The van der Waals surface area contributed by atoms with Crippen molar-refractivity contribution >= 4 is 18.0 Å². The number of nitrogens with zero attached hydrogens (tertiary/aromatic N) is 1. The van der Waals surface area contributed by atoms with Gasteiger partial charge in [-0.1, -0.05) is 18.2 Å². The first-order valence-electron chi connectivity index (χ1n) is 5.13. The van der Waals surface area contributed by atoms with Crippen LogP contribution in [-0.4, -0.2) is 31.3 Å². The zero-order chi connectivity index (χ0) is 12.0. The van der Waals surface area contributed by atoms with Crippen molar-refractivity contribution in [3.63, 3.8) is 0 Å². The van der Waals surface area contributed by atoms with Gasteiger partial charge in [-0.2, -0.15) is 0 Å². The largest absolute Gasteiger partial charge is 0.349 e. The summed E-state index contributed by atoms with van der Waals surface area (Å²) in [5, 5.41) is 2.62. The van der Waals surface area contributed by atoms with Crippen molar-refractivity contribution in [2.45, 2.75) is 12.8 Å². The zero-order valence-corrected chi connectivity index (χ0v) is 9.56. The summed E-state index contributed by atoms with van der Waals surface area (Å²) in [6.07, 6.45) is 1.73. The van der Waals surface area contributed by atoms with E-state index in [-0.39, 0.29) is 5.91 Å². The van der Waals surface area contributed by atoms with Gasteiger partial charge in [0, 0.05) is 26.2 Å². The van der Waals surface area contributed by atoms with Crippen LogP contribution < -0.4 is 5.32 Å². The van der Waals surface area contributed by atoms with Crippen LogP contribution in [-0.2, 0) is 16.0 Å². The van der Waals surface area contributed by atoms with Crippen LogP contribution in [0.3, 0.4) is 0 Å². The molecule has 1 rings (SSSR count). The van der Waals surface area contributed by atoms with E-state index in [0.29, 0.717) is 19.3 Å². The smallest absolute Gasteiger partial charge is 0.222 e. The van der Waals surface area contributed by atoms with Crippen molar-refractivity contribution in [3.05, 3.63) is 29.8 Å². The van der Waals surface area contributed by atoms with Gasteiger partial charge >= 0.3 is 0 Å². The standard InChI is InChI=1S/C12H16N2O2/c1-14(2)12(16)8-7-10-5-3-4-6-11(10)13-9-15/h3-6,9H,7-8H2,1-2H3,(H,13,15). The number of amides is 2. The molecule has 4 nitrogen and oxygen atoms in total. The van der Waals surface area contributed by atoms with Gasteiger partial charge in [-0.3, -0.25) is 9.59 Å². The molecule has 0 aromatic heterocycles. The first kappa shape index (κ1) is 12.2. The average molecular weight is 220 g/mol. The van der Waals surface area contributed by atoms with Crippen LogP contribution in [0.1, 0.15) is 12.0 Å². The summed E-state index contributed by atoms with van der Waals surface area (Å²) in [7, 11) is 3.47. The second kappa shape index (κ2) is 5.90. The number of anilines is 1. The summed E-state index contributed by atoms with van der Waals surface area (Å²) in [6.45, 7) is 0. The average Bonchev–Trinajstić information content (AvgIpc) is 2.27. The Balaban J connectivity index is 2.65. The third kappa shape index (κ3) is 3.38. The van der Waals surface area contributed by atoms with E-state index >= 15 is 0 Å². The fourth-order valence-corrected chi connectivity index (χ4v) is 1.41. The number of carbonyl (C=O) groups excluding carboxylic acids is 2. The summed E-state index contributed by atoms with van der Waals surface area (Å²) in [5.74, 6) is 0.0842. The molecule has 0 spiro atoms. The van der Waals surface area contributed by atoms with Gasteiger partial charge in [0.05, 0.1) is 0 Å². The molecule has 0 aliphatic carbocycles. The fraction of sp³-hybridized carbons (Fsp3) is 0.333. The van der Waals surface area contributed by atoms with Crippen LogP contribution in [0.25, 0.3) is 0 Å². The van der Waals surface area contributed by atoms with E-state index in [0.717, 1.165) is 11.3 Å². The Morgan fingerprint density at radius 1 is 1.38 bits per heavy atom. The first-order chi connectivity index (χ1) is 7.65. The van der Waals surface area contributed by atoms with E-state index in [4.69, 9.17) is 0 Å². The second-order valence-corrected chi connectivity index (χ2v) is 3.71. The Morgan fingerprint density at radius 2 is 2.06 bits per heavy atom. The van der Waals surface area contributed by atoms with Gasteiger partial charge < -0.3 is 10.2 Å². The van der Waals surface area contributed by atoms with Crippen molar-refractivity contribution in [1.82, 2.24) is 4.90 Å². The number of benzene rings is 1. The molecule has 0 heterocycles. The molecule has 0 aliphatic heterocycles. The molecule has 0 fully saturated rings. The summed E-state index contributed by atoms with van der Waals surface area (Å²) < 4.78 is 0. The van der Waals surface area contributed by atoms with E-state index in [2.05, 4.69) is 5.32 Å². The molecule has 1 aromatic rings. The SMILES string of the molecule is CN(C)C(=O)CCc1ccccc1NC=O. The Bertz CT molecular complexity index is 375. The van der Waals surface area contributed by atoms with E-state index in [1.807, 2.05) is 24.3 Å². The van der Waals surface area contributed by atoms with Crippen LogP contribution in [0, 0.1) is 0 Å². The second-order valence-electron chi connectivity index (χ2n) is 3.71. The number of hydrogen-bond donors (Lipinski definition) is 1. The van der Waals surface area contributed by atoms with Crippen LogP contribution in [0.15, 0.2) is 24.3 Å². The van der Waals surface area contributed by atoms with Gasteiger partial charge in [-0.05, 0) is 18.1 Å². The molecule has 0 bridgehead atoms. The third-order valence-electron chi connectivity index (χ3n) is 2.34. The number of para-hydroxylation sites is 1. The molecule has 86 valence electrons. The van der Waals surface area contributed by atoms with Crippen molar-refractivity contribution in [2.75, 3.05) is 19.4 Å². The maximum absolute atomic E-state index is 11.4. The number of nitrogens with one attached hydrogen (secondary N) is 1. The Kier molecular flexibility index (Phi) is 4.51. The monoisotopic (exact) mass is 220 g/mol. The molecule has 1 aromatic carbocycles. The third-order valence-corrected chi connectivity index (χ3v) is 2.34. The first-order valence-corrected chi connectivity index (χ1v) is 5.13. The molecule has 1 N–H and O–H groups in total. The highest BCUT2D eigenvalue weighted by atomic mass is 16.2. The van der Waals surface area contributed by atoms with Gasteiger partial charge in [0.2, 0.25) is 12.3 Å². The topological polar surface area (TPSA) is 49.4 Å². The van der Waals surface area contributed by atoms with Gasteiger partial charge in [0.15, 0.2) is 0 Å². The molecule has 4 heteroatoms. The van der Waals surface area contributed by atoms with E-state index in [1.165, 1.54) is 0 Å². The molecule has 0 aliphatic rings. The van der Waals surface area contributed by atoms with Crippen LogP contribution >= 0.6 is 0 Å². The molecule has 0 saturated heterocycles. The molecular formula is C12H16N2O2. The highest BCUT2D eigenvalue weighted by molar-refractivity contribution is 5.77. The molecular weight excluding hydrogens is 204 g/mol. The fourth-order valence-electron chi connectivity index (χ4n) is 1.41. The predicted molar refractivity (Wildman–Crippen MR) is 63.1 cm³/mol. The van der Waals surface area contributed by atoms with Crippen LogP contribution in [0.4, 0.5) is 5.69 Å². The van der Waals surface area contributed by atoms with Gasteiger partial charge in [-0.25, -0.2) is 0 Å². The number of aryl methyl sites for hydroxylation is 1. The lowest BCUT2D eigenvalue weighted by Crippen LogP contribution is -2.21. The number of carbonyl (C=O) groups is 2. The van der Waals surface area contributed by atoms with Crippen LogP contribution in [0.2, 0.25) is 0 Å². The molecule has 0 atom stereocenters. The van der Waals surface area contributed by atoms with E-state index < -0.39 is 0 Å². The minimum absolute atomic E-state index is 0.0842. The maximum atomic E-state index is 11.4. The van der Waals surface area contributed by atoms with E-state index in [1.54, 1.807) is 19.0 Å². The van der Waals surface area contributed by atoms with Gasteiger partial charge in [0.1, 0.15) is 0 Å². The molecule has 0 saturated carbocycles. The Hall–Kier alpha value is -1.84. The van der Waals surface area contributed by atoms with Crippen molar-refractivity contribution in [2.24, 2.45) is 0 Å². The summed E-state index contributed by atoms with van der Waals surface area (Å²) in [6, 6.07) is 7.48. The van der Waals surface area contributed by atoms with Gasteiger partial charge in [-0.15, -0.1) is 0 Å². The number of rotatable bonds is 5. The van der Waals surface area contributed by atoms with Crippen molar-refractivity contribution < 1.29 is 9.59 Å². The predicted octanol–water partition coefficient (Wildman–Crippen LogP) is 1.28. The molecule has 2 amide bonds.